The lowest BCUT2D eigenvalue weighted by Gasteiger charge is -2.25. The van der Waals surface area contributed by atoms with Gasteiger partial charge in [0, 0.05) is 24.0 Å². The lowest BCUT2D eigenvalue weighted by atomic mass is 9.91. The summed E-state index contributed by atoms with van der Waals surface area (Å²) >= 11 is 0. The average Bonchev–Trinajstić information content (AvgIpc) is 3.23. The number of hydrogen-bond acceptors (Lipinski definition) is 7. The van der Waals surface area contributed by atoms with E-state index in [-0.39, 0.29) is 28.1 Å². The zero-order chi connectivity index (χ0) is 39.8. The molecule has 0 atom stereocenters. The quantitative estimate of drug-likeness (QED) is 0.0573. The van der Waals surface area contributed by atoms with E-state index in [0.29, 0.717) is 24.2 Å². The molecule has 0 unspecified atom stereocenters. The van der Waals surface area contributed by atoms with Crippen LogP contribution in [0, 0.1) is 0 Å². The maximum absolute atomic E-state index is 11.8. The van der Waals surface area contributed by atoms with E-state index in [9.17, 15) is 4.79 Å². The number of carbonyl (C=O) groups is 1. The standard InChI is InChI=1S/C13H10O.2C12H14N2.C12H12N2.3CH4/c14-13(11-7-3-1-4-8-11)12-9-5-2-6-10-12;13-12(14)8-4-7-11(9-12)10-5-2-1-3-6-10;13-12(14)8-6-11(7-9-12)10-4-2-1-3-5-10;13-11-7-6-10(8-12(11)14)9-4-2-1-3-5-9;;;/h1-10H;2*1-8H,9,13-14H2;1-8H,13-14H2;3*1H4. The van der Waals surface area contributed by atoms with Crippen molar-refractivity contribution >= 4 is 28.3 Å². The molecule has 6 aromatic carbocycles. The summed E-state index contributed by atoms with van der Waals surface area (Å²) in [6.45, 7) is 0. The van der Waals surface area contributed by atoms with Gasteiger partial charge in [-0.1, -0.05) is 210 Å². The number of benzene rings is 6. The van der Waals surface area contributed by atoms with Crippen LogP contribution in [0.5, 0.6) is 0 Å². The number of rotatable bonds is 5. The molecule has 0 radical (unpaired) electrons. The van der Waals surface area contributed by atoms with E-state index in [2.05, 4.69) is 36.4 Å². The number of hydrogen-bond donors (Lipinski definition) is 6. The SMILES string of the molecule is C.C.C.NC1(N)C=CC(c2ccccc2)=CC1.NC1(N)C=CC=C(c2ccccc2)C1.Nc1ccc(-c2ccccc2)cc1N.O=C(c1ccccc1)c1ccccc1. The van der Waals surface area contributed by atoms with Crippen LogP contribution in [0.15, 0.2) is 206 Å². The van der Waals surface area contributed by atoms with Gasteiger partial charge >= 0.3 is 0 Å². The van der Waals surface area contributed by atoms with Gasteiger partial charge in [0.1, 0.15) is 0 Å². The summed E-state index contributed by atoms with van der Waals surface area (Å²) in [5.74, 6) is 0.0752. The van der Waals surface area contributed by atoms with Gasteiger partial charge in [-0.15, -0.1) is 0 Å². The van der Waals surface area contributed by atoms with E-state index in [4.69, 9.17) is 34.4 Å². The van der Waals surface area contributed by atoms with Crippen molar-refractivity contribution in [3.8, 4) is 11.1 Å². The third-order valence-electron chi connectivity index (χ3n) is 8.97. The van der Waals surface area contributed by atoms with E-state index in [1.165, 1.54) is 22.3 Å². The van der Waals surface area contributed by atoms with E-state index in [1.807, 2.05) is 170 Å². The van der Waals surface area contributed by atoms with Gasteiger partial charge < -0.3 is 34.4 Å². The lowest BCUT2D eigenvalue weighted by molar-refractivity contribution is 0.103. The van der Waals surface area contributed by atoms with Gasteiger partial charge in [-0.25, -0.2) is 0 Å². The third-order valence-corrected chi connectivity index (χ3v) is 8.97. The third kappa shape index (κ3) is 15.3. The van der Waals surface area contributed by atoms with Gasteiger partial charge in [0.05, 0.1) is 22.7 Å². The molecule has 6 aromatic rings. The normalized spacial score (nSPS) is 13.8. The second kappa shape index (κ2) is 23.6. The lowest BCUT2D eigenvalue weighted by Crippen LogP contribution is -2.48. The van der Waals surface area contributed by atoms with Crippen LogP contribution in [0.4, 0.5) is 11.4 Å². The Morgan fingerprint density at radius 2 is 0.932 bits per heavy atom. The number of nitrogen functional groups attached to an aromatic ring is 2. The van der Waals surface area contributed by atoms with Crippen molar-refractivity contribution in [2.75, 3.05) is 11.5 Å². The average molecular weight is 787 g/mol. The Balaban J connectivity index is 0.000000267. The molecule has 0 bridgehead atoms. The summed E-state index contributed by atoms with van der Waals surface area (Å²) in [5.41, 5.74) is 43.0. The minimum Gasteiger partial charge on any atom is -0.397 e. The Labute approximate surface area is 352 Å². The summed E-state index contributed by atoms with van der Waals surface area (Å²) in [6, 6.07) is 54.8. The summed E-state index contributed by atoms with van der Waals surface area (Å²) < 4.78 is 0. The van der Waals surface area contributed by atoms with Gasteiger partial charge in [-0.3, -0.25) is 4.79 Å². The fraction of sp³-hybridized carbons (Fsp3) is 0.135. The molecule has 0 aromatic heterocycles. The first-order valence-corrected chi connectivity index (χ1v) is 18.4. The van der Waals surface area contributed by atoms with Crippen molar-refractivity contribution in [3.63, 3.8) is 0 Å². The second-order valence-electron chi connectivity index (χ2n) is 13.7. The number of allylic oxidation sites excluding steroid dienone is 4. The molecule has 0 saturated heterocycles. The van der Waals surface area contributed by atoms with Crippen molar-refractivity contribution in [3.05, 3.63) is 229 Å². The molecule has 7 nitrogen and oxygen atoms in total. The summed E-state index contributed by atoms with van der Waals surface area (Å²) in [5, 5.41) is 0. The second-order valence-corrected chi connectivity index (χ2v) is 13.7. The number of carbonyl (C=O) groups excluding carboxylic acids is 1. The Morgan fingerprint density at radius 1 is 0.475 bits per heavy atom. The predicted octanol–water partition coefficient (Wildman–Crippen LogP) is 10.6. The highest BCUT2D eigenvalue weighted by Gasteiger charge is 2.20. The molecule has 59 heavy (non-hydrogen) atoms. The highest BCUT2D eigenvalue weighted by molar-refractivity contribution is 6.08. The molecule has 7 heteroatoms. The maximum atomic E-state index is 11.8. The van der Waals surface area contributed by atoms with Crippen LogP contribution in [0.25, 0.3) is 22.3 Å². The van der Waals surface area contributed by atoms with Gasteiger partial charge in [-0.05, 0) is 51.6 Å². The maximum Gasteiger partial charge on any atom is 0.193 e. The van der Waals surface area contributed by atoms with Gasteiger partial charge in [0.2, 0.25) is 0 Å². The van der Waals surface area contributed by atoms with Crippen LogP contribution in [0.1, 0.15) is 62.2 Å². The fourth-order valence-corrected chi connectivity index (χ4v) is 5.88. The Kier molecular flexibility index (Phi) is 19.4. The first-order valence-electron chi connectivity index (χ1n) is 18.4. The van der Waals surface area contributed by atoms with Crippen LogP contribution in [-0.4, -0.2) is 17.1 Å². The van der Waals surface area contributed by atoms with E-state index >= 15 is 0 Å². The van der Waals surface area contributed by atoms with Crippen LogP contribution < -0.4 is 34.4 Å². The first-order chi connectivity index (χ1) is 27.0. The number of anilines is 2. The molecule has 8 rings (SSSR count). The summed E-state index contributed by atoms with van der Waals surface area (Å²) in [7, 11) is 0. The molecule has 2 aliphatic carbocycles. The predicted molar refractivity (Wildman–Crippen MR) is 256 cm³/mol. The summed E-state index contributed by atoms with van der Waals surface area (Å²) in [6.07, 6.45) is 13.1. The van der Waals surface area contributed by atoms with Crippen LogP contribution >= 0.6 is 0 Å². The molecule has 0 fully saturated rings. The van der Waals surface area contributed by atoms with Crippen LogP contribution in [0.3, 0.4) is 0 Å². The van der Waals surface area contributed by atoms with Gasteiger partial charge in [-0.2, -0.15) is 0 Å². The zero-order valence-corrected chi connectivity index (χ0v) is 31.4. The Hall–Kier alpha value is -6.61. The summed E-state index contributed by atoms with van der Waals surface area (Å²) in [4.78, 5) is 11.8. The highest BCUT2D eigenvalue weighted by atomic mass is 16.1. The minimum atomic E-state index is -0.695. The van der Waals surface area contributed by atoms with Crippen LogP contribution in [-0.2, 0) is 0 Å². The largest absolute Gasteiger partial charge is 0.397 e. The molecule has 0 heterocycles. The topological polar surface area (TPSA) is 173 Å². The van der Waals surface area contributed by atoms with Gasteiger partial charge in [0.25, 0.3) is 0 Å². The zero-order valence-electron chi connectivity index (χ0n) is 31.4. The Morgan fingerprint density at radius 3 is 1.37 bits per heavy atom. The molecule has 12 N–H and O–H groups in total. The monoisotopic (exact) mass is 786 g/mol. The van der Waals surface area contributed by atoms with Crippen molar-refractivity contribution in [1.29, 1.82) is 0 Å². The minimum absolute atomic E-state index is 0. The molecule has 0 amide bonds. The smallest absolute Gasteiger partial charge is 0.193 e. The fourth-order valence-electron chi connectivity index (χ4n) is 5.88. The molecule has 0 aliphatic heterocycles. The van der Waals surface area contributed by atoms with Crippen LogP contribution in [0.2, 0.25) is 0 Å². The van der Waals surface area contributed by atoms with E-state index in [0.717, 1.165) is 22.3 Å². The molecule has 306 valence electrons. The molecule has 0 saturated carbocycles. The molecular formula is C52H62N6O. The van der Waals surface area contributed by atoms with Crippen molar-refractivity contribution in [1.82, 2.24) is 0 Å². The molecular weight excluding hydrogens is 725 g/mol. The van der Waals surface area contributed by atoms with Crippen molar-refractivity contribution in [2.24, 2.45) is 22.9 Å². The van der Waals surface area contributed by atoms with Crippen molar-refractivity contribution in [2.45, 2.75) is 46.4 Å². The first kappa shape index (κ1) is 48.5. The molecule has 0 spiro atoms. The van der Waals surface area contributed by atoms with Gasteiger partial charge in [0.15, 0.2) is 5.78 Å². The number of ketones is 1. The Bertz CT molecular complexity index is 2220. The van der Waals surface area contributed by atoms with E-state index < -0.39 is 11.3 Å². The van der Waals surface area contributed by atoms with E-state index in [1.54, 1.807) is 0 Å². The number of nitrogens with two attached hydrogens (primary N) is 6. The highest BCUT2D eigenvalue weighted by Crippen LogP contribution is 2.26. The molecule has 2 aliphatic rings. The van der Waals surface area contributed by atoms with Crippen molar-refractivity contribution < 1.29 is 4.79 Å².